The topological polar surface area (TPSA) is 43.4 Å². The van der Waals surface area contributed by atoms with Crippen LogP contribution in [-0.4, -0.2) is 27.1 Å². The first kappa shape index (κ1) is 12.5. The third-order valence-corrected chi connectivity index (χ3v) is 4.75. The monoisotopic (exact) mass is 258 g/mol. The number of sulfone groups is 1. The molecule has 94 valence electrons. The SMILES string of the molecule is O=S(=O)(c1ccccc1)C(F)CC1CCOC1. The highest BCUT2D eigenvalue weighted by molar-refractivity contribution is 7.91. The van der Waals surface area contributed by atoms with Gasteiger partial charge in [-0.3, -0.25) is 0 Å². The Bertz CT molecular complexity index is 452. The molecule has 0 saturated carbocycles. The molecule has 0 N–H and O–H groups in total. The average molecular weight is 258 g/mol. The van der Waals surface area contributed by atoms with Crippen LogP contribution in [0.15, 0.2) is 35.2 Å². The summed E-state index contributed by atoms with van der Waals surface area (Å²) in [7, 11) is -3.85. The van der Waals surface area contributed by atoms with Crippen molar-refractivity contribution < 1.29 is 17.5 Å². The van der Waals surface area contributed by atoms with Crippen LogP contribution in [0.3, 0.4) is 0 Å². The van der Waals surface area contributed by atoms with Gasteiger partial charge in [-0.25, -0.2) is 12.8 Å². The maximum absolute atomic E-state index is 13.9. The Balaban J connectivity index is 2.09. The molecule has 1 aliphatic rings. The van der Waals surface area contributed by atoms with Gasteiger partial charge >= 0.3 is 0 Å². The Morgan fingerprint density at radius 2 is 2.06 bits per heavy atom. The lowest BCUT2D eigenvalue weighted by molar-refractivity contribution is 0.180. The summed E-state index contributed by atoms with van der Waals surface area (Å²) in [5, 5.41) is 0. The predicted molar refractivity (Wildman–Crippen MR) is 62.1 cm³/mol. The summed E-state index contributed by atoms with van der Waals surface area (Å²) in [6.45, 7) is 1.06. The van der Waals surface area contributed by atoms with Gasteiger partial charge in [0.15, 0.2) is 0 Å². The summed E-state index contributed by atoms with van der Waals surface area (Å²) >= 11 is 0. The van der Waals surface area contributed by atoms with Crippen molar-refractivity contribution >= 4 is 9.84 Å². The zero-order valence-electron chi connectivity index (χ0n) is 9.38. The average Bonchev–Trinajstić information content (AvgIpc) is 2.83. The van der Waals surface area contributed by atoms with E-state index in [0.717, 1.165) is 6.42 Å². The van der Waals surface area contributed by atoms with E-state index in [-0.39, 0.29) is 17.2 Å². The molecule has 17 heavy (non-hydrogen) atoms. The zero-order valence-corrected chi connectivity index (χ0v) is 10.2. The summed E-state index contributed by atoms with van der Waals surface area (Å²) in [5.74, 6) is 0.0171. The molecule has 3 nitrogen and oxygen atoms in total. The minimum atomic E-state index is -3.85. The molecule has 1 aromatic rings. The summed E-state index contributed by atoms with van der Waals surface area (Å²) in [4.78, 5) is 0.0476. The quantitative estimate of drug-likeness (QED) is 0.831. The number of hydrogen-bond donors (Lipinski definition) is 0. The molecule has 1 aliphatic heterocycles. The van der Waals surface area contributed by atoms with Gasteiger partial charge in [0, 0.05) is 13.2 Å². The second kappa shape index (κ2) is 5.14. The number of halogens is 1. The largest absolute Gasteiger partial charge is 0.381 e. The van der Waals surface area contributed by atoms with Crippen molar-refractivity contribution in [2.24, 2.45) is 5.92 Å². The lowest BCUT2D eigenvalue weighted by Gasteiger charge is -2.13. The fourth-order valence-electron chi connectivity index (χ4n) is 1.92. The molecule has 2 atom stereocenters. The molecule has 1 saturated heterocycles. The second-order valence-electron chi connectivity index (χ2n) is 4.23. The third-order valence-electron chi connectivity index (χ3n) is 2.95. The van der Waals surface area contributed by atoms with Gasteiger partial charge in [-0.05, 0) is 30.9 Å². The molecule has 0 bridgehead atoms. The number of rotatable bonds is 4. The van der Waals surface area contributed by atoms with Gasteiger partial charge < -0.3 is 4.74 Å². The highest BCUT2D eigenvalue weighted by atomic mass is 32.2. The molecule has 1 heterocycles. The van der Waals surface area contributed by atoms with Crippen molar-refractivity contribution in [2.45, 2.75) is 23.2 Å². The van der Waals surface area contributed by atoms with Crippen molar-refractivity contribution in [1.82, 2.24) is 0 Å². The molecular formula is C12H15FO3S. The number of hydrogen-bond acceptors (Lipinski definition) is 3. The van der Waals surface area contributed by atoms with Gasteiger partial charge in [0.05, 0.1) is 4.90 Å². The lowest BCUT2D eigenvalue weighted by atomic mass is 10.1. The van der Waals surface area contributed by atoms with Crippen molar-refractivity contribution in [3.8, 4) is 0 Å². The van der Waals surface area contributed by atoms with Gasteiger partial charge in [-0.1, -0.05) is 18.2 Å². The molecule has 0 aliphatic carbocycles. The molecule has 5 heteroatoms. The van der Waals surface area contributed by atoms with Gasteiger partial charge in [-0.2, -0.15) is 0 Å². The normalized spacial score (nSPS) is 22.5. The van der Waals surface area contributed by atoms with Crippen LogP contribution in [0, 0.1) is 5.92 Å². The van der Waals surface area contributed by atoms with Gasteiger partial charge in [0.2, 0.25) is 15.3 Å². The third kappa shape index (κ3) is 2.84. The minimum Gasteiger partial charge on any atom is -0.381 e. The van der Waals surface area contributed by atoms with E-state index >= 15 is 0 Å². The first-order valence-corrected chi connectivity index (χ1v) is 7.16. The van der Waals surface area contributed by atoms with E-state index in [4.69, 9.17) is 4.74 Å². The van der Waals surface area contributed by atoms with Crippen LogP contribution in [0.25, 0.3) is 0 Å². The molecular weight excluding hydrogens is 243 g/mol. The Labute approximate surface area is 101 Å². The van der Waals surface area contributed by atoms with Crippen LogP contribution in [0.1, 0.15) is 12.8 Å². The lowest BCUT2D eigenvalue weighted by Crippen LogP contribution is -2.20. The minimum absolute atomic E-state index is 0.0171. The van der Waals surface area contributed by atoms with E-state index in [1.54, 1.807) is 18.2 Å². The van der Waals surface area contributed by atoms with E-state index < -0.39 is 15.3 Å². The Morgan fingerprint density at radius 3 is 2.65 bits per heavy atom. The van der Waals surface area contributed by atoms with Gasteiger partial charge in [0.1, 0.15) is 0 Å². The van der Waals surface area contributed by atoms with Crippen LogP contribution in [-0.2, 0) is 14.6 Å². The van der Waals surface area contributed by atoms with E-state index in [1.807, 2.05) is 0 Å². The summed E-state index contributed by atoms with van der Waals surface area (Å²) in [6.07, 6.45) is 0.766. The molecule has 0 aromatic heterocycles. The van der Waals surface area contributed by atoms with E-state index in [9.17, 15) is 12.8 Å². The van der Waals surface area contributed by atoms with Gasteiger partial charge in [-0.15, -0.1) is 0 Å². The first-order valence-electron chi connectivity index (χ1n) is 5.61. The fraction of sp³-hybridized carbons (Fsp3) is 0.500. The van der Waals surface area contributed by atoms with E-state index in [0.29, 0.717) is 13.2 Å². The Morgan fingerprint density at radius 1 is 1.35 bits per heavy atom. The number of alkyl halides is 1. The molecule has 2 unspecified atom stereocenters. The van der Waals surface area contributed by atoms with Crippen molar-refractivity contribution in [2.75, 3.05) is 13.2 Å². The molecule has 1 fully saturated rings. The fourth-order valence-corrected chi connectivity index (χ4v) is 3.27. The highest BCUT2D eigenvalue weighted by Gasteiger charge is 2.31. The van der Waals surface area contributed by atoms with Crippen LogP contribution in [0.2, 0.25) is 0 Å². The van der Waals surface area contributed by atoms with Crippen LogP contribution in [0.4, 0.5) is 4.39 Å². The number of benzene rings is 1. The van der Waals surface area contributed by atoms with E-state index in [1.165, 1.54) is 12.1 Å². The molecule has 0 spiro atoms. The van der Waals surface area contributed by atoms with Gasteiger partial charge in [0.25, 0.3) is 0 Å². The second-order valence-corrected chi connectivity index (χ2v) is 6.31. The Kier molecular flexibility index (Phi) is 3.79. The zero-order chi connectivity index (χ0) is 12.3. The predicted octanol–water partition coefficient (Wildman–Crippen LogP) is 2.18. The summed E-state index contributed by atoms with van der Waals surface area (Å²) in [6, 6.07) is 7.74. The Hall–Kier alpha value is -0.940. The molecule has 0 radical (unpaired) electrons. The van der Waals surface area contributed by atoms with Crippen molar-refractivity contribution in [3.63, 3.8) is 0 Å². The smallest absolute Gasteiger partial charge is 0.210 e. The summed E-state index contributed by atoms with van der Waals surface area (Å²) < 4.78 is 42.8. The first-order chi connectivity index (χ1) is 8.10. The van der Waals surface area contributed by atoms with Crippen molar-refractivity contribution in [1.29, 1.82) is 0 Å². The molecule has 0 amide bonds. The maximum atomic E-state index is 13.9. The standard InChI is InChI=1S/C12H15FO3S/c13-12(8-10-6-7-16-9-10)17(14,15)11-4-2-1-3-5-11/h1-5,10,12H,6-9H2. The van der Waals surface area contributed by atoms with Crippen LogP contribution in [0.5, 0.6) is 0 Å². The van der Waals surface area contributed by atoms with E-state index in [2.05, 4.69) is 0 Å². The maximum Gasteiger partial charge on any atom is 0.210 e. The van der Waals surface area contributed by atoms with Crippen molar-refractivity contribution in [3.05, 3.63) is 30.3 Å². The molecule has 1 aromatic carbocycles. The molecule has 2 rings (SSSR count). The summed E-state index contributed by atoms with van der Waals surface area (Å²) in [5.41, 5.74) is -1.84. The van der Waals surface area contributed by atoms with Crippen LogP contribution < -0.4 is 0 Å². The van der Waals surface area contributed by atoms with Crippen LogP contribution >= 0.6 is 0 Å². The number of ether oxygens (including phenoxy) is 1. The highest BCUT2D eigenvalue weighted by Crippen LogP contribution is 2.26.